The standard InChI is InChI=1S/C2H6O4Si.K.H/c1-2-6-7(3,4)5;;/h2-5H,1H2;;. The molecule has 8 heavy (non-hydrogen) atoms. The Balaban J connectivity index is 0. The van der Waals surface area contributed by atoms with Gasteiger partial charge in [-0.15, -0.1) is 0 Å². The molecule has 0 unspecified atom stereocenters. The van der Waals surface area contributed by atoms with Crippen LogP contribution < -0.4 is 0 Å². The third-order valence-electron chi connectivity index (χ3n) is 0.241. The monoisotopic (exact) mass is 162 g/mol. The second-order valence-corrected chi connectivity index (χ2v) is 2.24. The topological polar surface area (TPSA) is 69.9 Å². The van der Waals surface area contributed by atoms with Gasteiger partial charge in [0.2, 0.25) is 0 Å². The zero-order valence-electron chi connectivity index (χ0n) is 3.53. The van der Waals surface area contributed by atoms with Crippen molar-refractivity contribution in [3.05, 3.63) is 12.8 Å². The summed E-state index contributed by atoms with van der Waals surface area (Å²) in [5.74, 6) is 0. The Hall–Kier alpha value is 1.27. The van der Waals surface area contributed by atoms with Gasteiger partial charge in [0.25, 0.3) is 0 Å². The van der Waals surface area contributed by atoms with E-state index in [2.05, 4.69) is 11.0 Å². The summed E-state index contributed by atoms with van der Waals surface area (Å²) in [6.45, 7) is 2.98. The summed E-state index contributed by atoms with van der Waals surface area (Å²) < 4.78 is 3.80. The van der Waals surface area contributed by atoms with E-state index in [4.69, 9.17) is 14.4 Å². The van der Waals surface area contributed by atoms with Crippen molar-refractivity contribution in [2.75, 3.05) is 0 Å². The van der Waals surface area contributed by atoms with Crippen LogP contribution in [-0.4, -0.2) is 74.8 Å². The van der Waals surface area contributed by atoms with Gasteiger partial charge in [-0.25, -0.2) is 0 Å². The van der Waals surface area contributed by atoms with Crippen LogP contribution in [0.4, 0.5) is 0 Å². The fourth-order valence-electron chi connectivity index (χ4n) is 0.112. The Kier molecular flexibility index (Phi) is 7.63. The minimum atomic E-state index is -4.28. The van der Waals surface area contributed by atoms with Crippen molar-refractivity contribution in [3.63, 3.8) is 0 Å². The van der Waals surface area contributed by atoms with Crippen LogP contribution in [-0.2, 0) is 4.43 Å². The first kappa shape index (κ1) is 12.0. The van der Waals surface area contributed by atoms with Crippen molar-refractivity contribution >= 4 is 60.4 Å². The van der Waals surface area contributed by atoms with E-state index in [1.54, 1.807) is 0 Å². The summed E-state index contributed by atoms with van der Waals surface area (Å²) >= 11 is 0. The maximum atomic E-state index is 7.97. The number of rotatable bonds is 2. The Morgan fingerprint density at radius 1 is 1.38 bits per heavy atom. The Labute approximate surface area is 90.7 Å². The van der Waals surface area contributed by atoms with Gasteiger partial charge in [0.15, 0.2) is 0 Å². The summed E-state index contributed by atoms with van der Waals surface area (Å²) in [6, 6.07) is 0. The molecule has 44 valence electrons. The number of hydrogen-bond donors (Lipinski definition) is 3. The molecule has 0 atom stereocenters. The first-order valence-electron chi connectivity index (χ1n) is 1.52. The molecule has 0 spiro atoms. The Morgan fingerprint density at radius 2 is 1.75 bits per heavy atom. The van der Waals surface area contributed by atoms with Gasteiger partial charge < -0.3 is 18.8 Å². The van der Waals surface area contributed by atoms with E-state index in [0.29, 0.717) is 0 Å². The Morgan fingerprint density at radius 3 is 1.75 bits per heavy atom. The zero-order valence-corrected chi connectivity index (χ0v) is 4.53. The predicted molar refractivity (Wildman–Crippen MR) is 30.8 cm³/mol. The first-order chi connectivity index (χ1) is 3.06. The molecule has 0 aliphatic carbocycles. The third-order valence-corrected chi connectivity index (χ3v) is 0.724. The van der Waals surface area contributed by atoms with Gasteiger partial charge in [-0.2, -0.15) is 0 Å². The number of hydrogen-bond acceptors (Lipinski definition) is 4. The minimum absolute atomic E-state index is 0. The molecule has 0 aliphatic rings. The van der Waals surface area contributed by atoms with E-state index in [1.807, 2.05) is 0 Å². The molecule has 0 aromatic heterocycles. The van der Waals surface area contributed by atoms with E-state index in [1.165, 1.54) is 0 Å². The fraction of sp³-hybridized carbons (Fsp3) is 0. The second-order valence-electron chi connectivity index (χ2n) is 0.858. The molecule has 0 amide bonds. The molecular weight excluding hydrogens is 155 g/mol. The molecule has 4 nitrogen and oxygen atoms in total. The van der Waals surface area contributed by atoms with E-state index in [0.717, 1.165) is 6.26 Å². The third kappa shape index (κ3) is 10.3. The molecule has 0 saturated carbocycles. The summed E-state index contributed by atoms with van der Waals surface area (Å²) in [6.07, 6.45) is 0.770. The zero-order chi connectivity index (χ0) is 5.91. The molecule has 0 rings (SSSR count). The average molecular weight is 162 g/mol. The molecule has 0 saturated heterocycles. The molecule has 0 aliphatic heterocycles. The van der Waals surface area contributed by atoms with Crippen molar-refractivity contribution in [2.45, 2.75) is 0 Å². The van der Waals surface area contributed by atoms with Crippen LogP contribution >= 0.6 is 0 Å². The van der Waals surface area contributed by atoms with E-state index < -0.39 is 9.05 Å². The predicted octanol–water partition coefficient (Wildman–Crippen LogP) is -2.09. The van der Waals surface area contributed by atoms with Gasteiger partial charge in [-0.05, 0) is 0 Å². The van der Waals surface area contributed by atoms with Crippen molar-refractivity contribution in [2.24, 2.45) is 0 Å². The van der Waals surface area contributed by atoms with E-state index in [9.17, 15) is 0 Å². The van der Waals surface area contributed by atoms with Gasteiger partial charge in [-0.3, -0.25) is 0 Å². The quantitative estimate of drug-likeness (QED) is 0.322. The van der Waals surface area contributed by atoms with Crippen LogP contribution in [0.15, 0.2) is 12.8 Å². The van der Waals surface area contributed by atoms with Gasteiger partial charge >= 0.3 is 60.4 Å². The fourth-order valence-corrected chi connectivity index (χ4v) is 0.335. The first-order valence-corrected chi connectivity index (χ1v) is 3.27. The van der Waals surface area contributed by atoms with Crippen molar-refractivity contribution in [1.82, 2.24) is 0 Å². The van der Waals surface area contributed by atoms with Gasteiger partial charge in [0.05, 0.1) is 6.26 Å². The second kappa shape index (κ2) is 5.09. The SMILES string of the molecule is C=CO[Si](O)(O)O.[KH]. The van der Waals surface area contributed by atoms with Crippen molar-refractivity contribution in [1.29, 1.82) is 0 Å². The summed E-state index contributed by atoms with van der Waals surface area (Å²) in [5.41, 5.74) is 0. The molecule has 6 heteroatoms. The van der Waals surface area contributed by atoms with Crippen LogP contribution in [0, 0.1) is 0 Å². The van der Waals surface area contributed by atoms with E-state index in [-0.39, 0.29) is 51.4 Å². The molecule has 0 aromatic rings. The van der Waals surface area contributed by atoms with Crippen molar-refractivity contribution < 1.29 is 18.8 Å². The molecule has 0 fully saturated rings. The normalized spacial score (nSPS) is 9.38. The van der Waals surface area contributed by atoms with Gasteiger partial charge in [0, 0.05) is 0 Å². The Bertz CT molecular complexity index is 68.9. The van der Waals surface area contributed by atoms with Gasteiger partial charge in [-0.1, -0.05) is 6.58 Å². The van der Waals surface area contributed by atoms with Crippen LogP contribution in [0.2, 0.25) is 0 Å². The summed E-state index contributed by atoms with van der Waals surface area (Å²) in [7, 11) is -4.28. The van der Waals surface area contributed by atoms with Crippen LogP contribution in [0.25, 0.3) is 0 Å². The molecule has 0 heterocycles. The van der Waals surface area contributed by atoms with Gasteiger partial charge in [0.1, 0.15) is 0 Å². The molecule has 0 aromatic carbocycles. The van der Waals surface area contributed by atoms with E-state index >= 15 is 0 Å². The molecule has 3 N–H and O–H groups in total. The average Bonchev–Trinajstić information content (AvgIpc) is 1.30. The molecular formula is C2H7KO4Si. The van der Waals surface area contributed by atoms with Crippen LogP contribution in [0.3, 0.4) is 0 Å². The summed E-state index contributed by atoms with van der Waals surface area (Å²) in [4.78, 5) is 23.9. The molecule has 0 bridgehead atoms. The van der Waals surface area contributed by atoms with Crippen molar-refractivity contribution in [3.8, 4) is 0 Å². The maximum absolute atomic E-state index is 7.97. The summed E-state index contributed by atoms with van der Waals surface area (Å²) in [5, 5.41) is 0. The molecule has 0 radical (unpaired) electrons. The van der Waals surface area contributed by atoms with Crippen LogP contribution in [0.1, 0.15) is 0 Å². The van der Waals surface area contributed by atoms with Crippen LogP contribution in [0.5, 0.6) is 0 Å².